The molecule has 2 aromatic rings. The molecule has 0 spiro atoms. The van der Waals surface area contributed by atoms with Gasteiger partial charge in [-0.15, -0.1) is 0 Å². The third kappa shape index (κ3) is 3.33. The highest BCUT2D eigenvalue weighted by Gasteiger charge is 2.28. The minimum Gasteiger partial charge on any atom is -0.493 e. The summed E-state index contributed by atoms with van der Waals surface area (Å²) in [5, 5.41) is 0. The highest BCUT2D eigenvalue weighted by atomic mass is 16.5. The monoisotopic (exact) mass is 354 g/mol. The van der Waals surface area contributed by atoms with Crippen molar-refractivity contribution in [1.29, 1.82) is 0 Å². The second kappa shape index (κ2) is 7.50. The van der Waals surface area contributed by atoms with Crippen LogP contribution in [0.5, 0.6) is 11.5 Å². The van der Waals surface area contributed by atoms with E-state index >= 15 is 0 Å². The number of benzene rings is 1. The van der Waals surface area contributed by atoms with Gasteiger partial charge in [-0.2, -0.15) is 0 Å². The number of hydrogen-bond donors (Lipinski definition) is 0. The molecule has 6 nitrogen and oxygen atoms in total. The number of anilines is 1. The Hall–Kier alpha value is -2.34. The van der Waals surface area contributed by atoms with E-state index in [4.69, 9.17) is 9.47 Å². The molecule has 138 valence electrons. The van der Waals surface area contributed by atoms with Crippen LogP contribution in [0.3, 0.4) is 0 Å². The van der Waals surface area contributed by atoms with E-state index in [0.717, 1.165) is 49.9 Å². The molecular formula is C20H26N4O2. The molecule has 1 fully saturated rings. The lowest BCUT2D eigenvalue weighted by atomic mass is 9.95. The van der Waals surface area contributed by atoms with Crippen LogP contribution >= 0.6 is 0 Å². The van der Waals surface area contributed by atoms with Crippen LogP contribution < -0.4 is 14.4 Å². The number of piperidine rings is 1. The van der Waals surface area contributed by atoms with Crippen molar-refractivity contribution < 1.29 is 9.47 Å². The summed E-state index contributed by atoms with van der Waals surface area (Å²) in [7, 11) is 3.40. The zero-order chi connectivity index (χ0) is 17.9. The second-order valence-electron chi connectivity index (χ2n) is 6.98. The lowest BCUT2D eigenvalue weighted by molar-refractivity contribution is 0.152. The van der Waals surface area contributed by atoms with E-state index in [9.17, 15) is 0 Å². The Morgan fingerprint density at radius 3 is 2.38 bits per heavy atom. The fraction of sp³-hybridized carbons (Fsp3) is 0.500. The standard InChI is InChI=1S/C20H26N4O2/c1-25-18-11-15-4-8-24(13-16(15)12-19(18)26-2)17-5-9-23(10-6-17)20-3-7-21-14-22-20/h3,7,11-12,14,17H,4-6,8-10,13H2,1-2H3. The first-order valence-electron chi connectivity index (χ1n) is 9.27. The Morgan fingerprint density at radius 2 is 1.73 bits per heavy atom. The Bertz CT molecular complexity index is 745. The van der Waals surface area contributed by atoms with Crippen molar-refractivity contribution in [3.05, 3.63) is 41.9 Å². The predicted molar refractivity (Wildman–Crippen MR) is 101 cm³/mol. The maximum absolute atomic E-state index is 5.48. The van der Waals surface area contributed by atoms with E-state index in [1.807, 2.05) is 12.3 Å². The first-order valence-corrected chi connectivity index (χ1v) is 9.27. The van der Waals surface area contributed by atoms with Crippen LogP contribution in [-0.4, -0.2) is 54.8 Å². The van der Waals surface area contributed by atoms with Gasteiger partial charge in [-0.05, 0) is 48.6 Å². The Kier molecular flexibility index (Phi) is 4.93. The summed E-state index contributed by atoms with van der Waals surface area (Å²) in [5.41, 5.74) is 2.75. The van der Waals surface area contributed by atoms with Gasteiger partial charge in [0.1, 0.15) is 12.1 Å². The van der Waals surface area contributed by atoms with Gasteiger partial charge in [0.25, 0.3) is 0 Å². The van der Waals surface area contributed by atoms with Gasteiger partial charge in [0.05, 0.1) is 14.2 Å². The predicted octanol–water partition coefficient (Wildman–Crippen LogP) is 2.52. The molecule has 0 saturated carbocycles. The van der Waals surface area contributed by atoms with Crippen LogP contribution in [0.4, 0.5) is 5.82 Å². The molecule has 0 atom stereocenters. The normalized spacial score (nSPS) is 18.5. The number of aromatic nitrogens is 2. The molecule has 0 aliphatic carbocycles. The summed E-state index contributed by atoms with van der Waals surface area (Å²) in [4.78, 5) is 13.4. The number of fused-ring (bicyclic) bond motifs is 1. The minimum atomic E-state index is 0.634. The molecule has 2 aliphatic heterocycles. The van der Waals surface area contributed by atoms with Gasteiger partial charge in [0, 0.05) is 38.4 Å². The molecular weight excluding hydrogens is 328 g/mol. The van der Waals surface area contributed by atoms with Crippen molar-refractivity contribution in [3.63, 3.8) is 0 Å². The minimum absolute atomic E-state index is 0.634. The Labute approximate surface area is 154 Å². The third-order valence-electron chi connectivity index (χ3n) is 5.62. The molecule has 2 aliphatic rings. The molecule has 1 saturated heterocycles. The molecule has 6 heteroatoms. The number of methoxy groups -OCH3 is 2. The summed E-state index contributed by atoms with van der Waals surface area (Å²) < 4.78 is 10.9. The number of hydrogen-bond acceptors (Lipinski definition) is 6. The smallest absolute Gasteiger partial charge is 0.161 e. The van der Waals surface area contributed by atoms with E-state index in [-0.39, 0.29) is 0 Å². The zero-order valence-corrected chi connectivity index (χ0v) is 15.5. The van der Waals surface area contributed by atoms with Crippen LogP contribution in [0.25, 0.3) is 0 Å². The first-order chi connectivity index (χ1) is 12.8. The Morgan fingerprint density at radius 1 is 1.00 bits per heavy atom. The quantitative estimate of drug-likeness (QED) is 0.841. The fourth-order valence-corrected chi connectivity index (χ4v) is 4.15. The van der Waals surface area contributed by atoms with E-state index in [1.54, 1.807) is 20.5 Å². The third-order valence-corrected chi connectivity index (χ3v) is 5.62. The maximum atomic E-state index is 5.48. The summed E-state index contributed by atoms with van der Waals surface area (Å²) in [5.74, 6) is 2.70. The van der Waals surface area contributed by atoms with Crippen LogP contribution in [-0.2, 0) is 13.0 Å². The van der Waals surface area contributed by atoms with Crippen LogP contribution in [0.2, 0.25) is 0 Å². The summed E-state index contributed by atoms with van der Waals surface area (Å²) in [6.07, 6.45) is 6.86. The SMILES string of the molecule is COc1cc2c(cc1OC)CN(C1CCN(c3ccncn3)CC1)CC2. The van der Waals surface area contributed by atoms with Crippen molar-refractivity contribution in [1.82, 2.24) is 14.9 Å². The number of ether oxygens (including phenoxy) is 2. The van der Waals surface area contributed by atoms with Gasteiger partial charge in [0.15, 0.2) is 11.5 Å². The lowest BCUT2D eigenvalue weighted by Crippen LogP contribution is -2.46. The molecule has 0 radical (unpaired) electrons. The Balaban J connectivity index is 1.42. The molecule has 0 unspecified atom stereocenters. The van der Waals surface area contributed by atoms with Gasteiger partial charge in [0.2, 0.25) is 0 Å². The topological polar surface area (TPSA) is 50.7 Å². The maximum Gasteiger partial charge on any atom is 0.161 e. The fourth-order valence-electron chi connectivity index (χ4n) is 4.15. The van der Waals surface area contributed by atoms with Crippen molar-refractivity contribution in [2.75, 3.05) is 38.8 Å². The van der Waals surface area contributed by atoms with Crippen molar-refractivity contribution in [2.45, 2.75) is 31.8 Å². The van der Waals surface area contributed by atoms with E-state index in [0.29, 0.717) is 6.04 Å². The largest absolute Gasteiger partial charge is 0.493 e. The van der Waals surface area contributed by atoms with Gasteiger partial charge < -0.3 is 14.4 Å². The van der Waals surface area contributed by atoms with E-state index < -0.39 is 0 Å². The molecule has 1 aromatic carbocycles. The average molecular weight is 354 g/mol. The summed E-state index contributed by atoms with van der Waals surface area (Å²) >= 11 is 0. The zero-order valence-electron chi connectivity index (χ0n) is 15.5. The van der Waals surface area contributed by atoms with E-state index in [1.165, 1.54) is 24.0 Å². The van der Waals surface area contributed by atoms with Crippen molar-refractivity contribution in [3.8, 4) is 11.5 Å². The van der Waals surface area contributed by atoms with E-state index in [2.05, 4.69) is 31.9 Å². The molecule has 26 heavy (non-hydrogen) atoms. The van der Waals surface area contributed by atoms with Crippen LogP contribution in [0.15, 0.2) is 30.7 Å². The lowest BCUT2D eigenvalue weighted by Gasteiger charge is -2.41. The number of rotatable bonds is 4. The molecule has 3 heterocycles. The highest BCUT2D eigenvalue weighted by molar-refractivity contribution is 5.48. The second-order valence-corrected chi connectivity index (χ2v) is 6.98. The molecule has 0 amide bonds. The molecule has 0 bridgehead atoms. The van der Waals surface area contributed by atoms with Gasteiger partial charge in [-0.25, -0.2) is 9.97 Å². The van der Waals surface area contributed by atoms with Gasteiger partial charge in [-0.1, -0.05) is 0 Å². The highest BCUT2D eigenvalue weighted by Crippen LogP contribution is 2.34. The number of nitrogens with zero attached hydrogens (tertiary/aromatic N) is 4. The van der Waals surface area contributed by atoms with Crippen molar-refractivity contribution in [2.24, 2.45) is 0 Å². The average Bonchev–Trinajstić information content (AvgIpc) is 2.73. The van der Waals surface area contributed by atoms with Crippen LogP contribution in [0.1, 0.15) is 24.0 Å². The van der Waals surface area contributed by atoms with Gasteiger partial charge in [-0.3, -0.25) is 4.90 Å². The molecule has 4 rings (SSSR count). The summed E-state index contributed by atoms with van der Waals surface area (Å²) in [6, 6.07) is 6.92. The molecule has 0 N–H and O–H groups in total. The van der Waals surface area contributed by atoms with Crippen LogP contribution in [0, 0.1) is 0 Å². The van der Waals surface area contributed by atoms with Crippen molar-refractivity contribution >= 4 is 5.82 Å². The first kappa shape index (κ1) is 17.1. The molecule has 1 aromatic heterocycles. The van der Waals surface area contributed by atoms with Gasteiger partial charge >= 0.3 is 0 Å². The summed E-state index contributed by atoms with van der Waals surface area (Å²) in [6.45, 7) is 4.21.